The van der Waals surface area contributed by atoms with E-state index < -0.39 is 25.9 Å². The minimum Gasteiger partial charge on any atom is -0.398 e. The zero-order valence-corrected chi connectivity index (χ0v) is 12.1. The number of rotatable bonds is 3. The van der Waals surface area contributed by atoms with Gasteiger partial charge in [-0.3, -0.25) is 0 Å². The lowest BCUT2D eigenvalue weighted by molar-refractivity contribution is 0.394. The third-order valence-electron chi connectivity index (χ3n) is 3.30. The van der Waals surface area contributed by atoms with Gasteiger partial charge in [-0.2, -0.15) is 4.31 Å². The van der Waals surface area contributed by atoms with E-state index >= 15 is 0 Å². The second kappa shape index (κ2) is 4.77. The van der Waals surface area contributed by atoms with E-state index in [2.05, 4.69) is 0 Å². The highest BCUT2D eigenvalue weighted by Crippen LogP contribution is 2.26. The van der Waals surface area contributed by atoms with Crippen molar-refractivity contribution < 1.29 is 16.8 Å². The van der Waals surface area contributed by atoms with Crippen molar-refractivity contribution >= 4 is 25.5 Å². The summed E-state index contributed by atoms with van der Waals surface area (Å²) in [6.07, 6.45) is 0.324. The predicted molar refractivity (Wildman–Crippen MR) is 72.9 cm³/mol. The Bertz CT molecular complexity index is 682. The number of nitrogens with zero attached hydrogens (tertiary/aromatic N) is 1. The molecule has 1 aromatic carbocycles. The van der Waals surface area contributed by atoms with Gasteiger partial charge in [0.1, 0.15) is 4.90 Å². The number of sulfone groups is 1. The van der Waals surface area contributed by atoms with Gasteiger partial charge in [-0.15, -0.1) is 0 Å². The van der Waals surface area contributed by atoms with Gasteiger partial charge in [-0.05, 0) is 18.6 Å². The lowest BCUT2D eigenvalue weighted by Gasteiger charge is -2.23. The van der Waals surface area contributed by atoms with Gasteiger partial charge in [0.15, 0.2) is 9.84 Å². The van der Waals surface area contributed by atoms with Gasteiger partial charge < -0.3 is 5.73 Å². The van der Waals surface area contributed by atoms with Crippen molar-refractivity contribution in [3.05, 3.63) is 24.3 Å². The molecule has 0 bridgehead atoms. The van der Waals surface area contributed by atoms with Gasteiger partial charge >= 0.3 is 0 Å². The van der Waals surface area contributed by atoms with Crippen molar-refractivity contribution in [1.82, 2.24) is 4.31 Å². The fourth-order valence-corrected chi connectivity index (χ4v) is 5.50. The maximum atomic E-state index is 12.4. The summed E-state index contributed by atoms with van der Waals surface area (Å²) in [5.74, 6) is -0.0999. The van der Waals surface area contributed by atoms with Crippen LogP contribution in [0.1, 0.15) is 6.42 Å². The van der Waals surface area contributed by atoms with Gasteiger partial charge in [-0.1, -0.05) is 12.1 Å². The summed E-state index contributed by atoms with van der Waals surface area (Å²) in [4.78, 5) is 0.0156. The van der Waals surface area contributed by atoms with Crippen LogP contribution in [-0.4, -0.2) is 45.7 Å². The summed E-state index contributed by atoms with van der Waals surface area (Å²) in [5.41, 5.74) is 5.83. The fraction of sp³-hybridized carbons (Fsp3) is 0.455. The molecule has 1 heterocycles. The number of nitrogens with two attached hydrogens (primary N) is 1. The first-order chi connectivity index (χ1) is 8.74. The molecule has 1 fully saturated rings. The van der Waals surface area contributed by atoms with Crippen LogP contribution < -0.4 is 5.73 Å². The van der Waals surface area contributed by atoms with E-state index in [4.69, 9.17) is 5.73 Å². The largest absolute Gasteiger partial charge is 0.398 e. The van der Waals surface area contributed by atoms with Crippen LogP contribution >= 0.6 is 0 Å². The van der Waals surface area contributed by atoms with Gasteiger partial charge in [0, 0.05) is 13.1 Å². The molecule has 0 aliphatic carbocycles. The molecule has 0 amide bonds. The summed E-state index contributed by atoms with van der Waals surface area (Å²) in [5, 5.41) is 0. The molecular formula is C11H16N2O4S2. The minimum atomic E-state index is -3.76. The molecule has 0 saturated carbocycles. The molecule has 19 heavy (non-hydrogen) atoms. The van der Waals surface area contributed by atoms with Crippen molar-refractivity contribution in [3.8, 4) is 0 Å². The van der Waals surface area contributed by atoms with Crippen molar-refractivity contribution in [1.29, 1.82) is 0 Å². The lowest BCUT2D eigenvalue weighted by Crippen LogP contribution is -2.38. The quantitative estimate of drug-likeness (QED) is 0.797. The zero-order chi connectivity index (χ0) is 14.3. The van der Waals surface area contributed by atoms with E-state index in [-0.39, 0.29) is 22.1 Å². The molecule has 2 N–H and O–H groups in total. The second-order valence-corrected chi connectivity index (χ2v) is 8.81. The Kier molecular flexibility index (Phi) is 3.59. The Morgan fingerprint density at radius 3 is 2.47 bits per heavy atom. The second-order valence-electron chi connectivity index (χ2n) is 4.62. The molecule has 1 atom stereocenters. The van der Waals surface area contributed by atoms with E-state index in [1.54, 1.807) is 12.1 Å². The monoisotopic (exact) mass is 304 g/mol. The van der Waals surface area contributed by atoms with Crippen LogP contribution in [0.5, 0.6) is 0 Å². The minimum absolute atomic E-state index is 0.0156. The summed E-state index contributed by atoms with van der Waals surface area (Å²) in [6, 6.07) is 5.64. The first-order valence-corrected chi connectivity index (χ1v) is 9.03. The van der Waals surface area contributed by atoms with E-state index in [0.29, 0.717) is 6.42 Å². The van der Waals surface area contributed by atoms with Gasteiger partial charge in [0.05, 0.1) is 17.2 Å². The van der Waals surface area contributed by atoms with E-state index in [0.717, 1.165) is 4.31 Å². The first kappa shape index (κ1) is 14.3. The molecule has 8 heteroatoms. The molecule has 0 radical (unpaired) electrons. The van der Waals surface area contributed by atoms with Crippen LogP contribution in [0, 0.1) is 0 Å². The van der Waals surface area contributed by atoms with Crippen LogP contribution in [0.25, 0.3) is 0 Å². The maximum absolute atomic E-state index is 12.4. The van der Waals surface area contributed by atoms with Gasteiger partial charge in [0.2, 0.25) is 10.0 Å². The smallest absolute Gasteiger partial charge is 0.245 e. The highest BCUT2D eigenvalue weighted by atomic mass is 32.2. The molecule has 1 aliphatic heterocycles. The number of nitrogen functional groups attached to an aromatic ring is 1. The number of hydrogen-bond acceptors (Lipinski definition) is 5. The topological polar surface area (TPSA) is 97.5 Å². The molecule has 1 unspecified atom stereocenters. The lowest BCUT2D eigenvalue weighted by atomic mass is 10.3. The molecule has 6 nitrogen and oxygen atoms in total. The summed E-state index contributed by atoms with van der Waals surface area (Å²) in [6.45, 7) is 0. The Hall–Kier alpha value is -1.12. The van der Waals surface area contributed by atoms with Crippen LogP contribution in [0.4, 0.5) is 5.69 Å². The first-order valence-electron chi connectivity index (χ1n) is 5.77. The average Bonchev–Trinajstić information content (AvgIpc) is 2.69. The summed E-state index contributed by atoms with van der Waals surface area (Å²) in [7, 11) is -5.49. The molecule has 1 aliphatic rings. The SMILES string of the molecule is CN(C1CCS(=O)(=O)C1)S(=O)(=O)c1ccccc1N. The van der Waals surface area contributed by atoms with Crippen molar-refractivity contribution in [2.45, 2.75) is 17.4 Å². The predicted octanol–water partition coefficient (Wildman–Crippen LogP) is 0.0764. The molecule has 0 aromatic heterocycles. The standard InChI is InChI=1S/C11H16N2O4S2/c1-13(9-6-7-18(14,15)8-9)19(16,17)11-5-3-2-4-10(11)12/h2-5,9H,6-8,12H2,1H3. The van der Waals surface area contributed by atoms with Crippen molar-refractivity contribution in [3.63, 3.8) is 0 Å². The number of benzene rings is 1. The molecule has 1 saturated heterocycles. The van der Waals surface area contributed by atoms with Gasteiger partial charge in [0.25, 0.3) is 0 Å². The fourth-order valence-electron chi connectivity index (χ4n) is 2.13. The molecule has 106 valence electrons. The van der Waals surface area contributed by atoms with E-state index in [1.165, 1.54) is 19.2 Å². The highest BCUT2D eigenvalue weighted by molar-refractivity contribution is 7.92. The summed E-state index contributed by atoms with van der Waals surface area (Å²) < 4.78 is 48.8. The average molecular weight is 304 g/mol. The van der Waals surface area contributed by atoms with E-state index in [9.17, 15) is 16.8 Å². The third-order valence-corrected chi connectivity index (χ3v) is 7.03. The molecule has 0 spiro atoms. The van der Waals surface area contributed by atoms with Crippen LogP contribution in [0.3, 0.4) is 0 Å². The van der Waals surface area contributed by atoms with E-state index in [1.807, 2.05) is 0 Å². The number of hydrogen-bond donors (Lipinski definition) is 1. The Morgan fingerprint density at radius 2 is 1.95 bits per heavy atom. The maximum Gasteiger partial charge on any atom is 0.245 e. The Balaban J connectivity index is 2.34. The number of para-hydroxylation sites is 1. The van der Waals surface area contributed by atoms with Crippen LogP contribution in [-0.2, 0) is 19.9 Å². The molecular weight excluding hydrogens is 288 g/mol. The molecule has 1 aromatic rings. The van der Waals surface area contributed by atoms with Crippen molar-refractivity contribution in [2.75, 3.05) is 24.3 Å². The zero-order valence-electron chi connectivity index (χ0n) is 10.5. The highest BCUT2D eigenvalue weighted by Gasteiger charge is 2.36. The van der Waals surface area contributed by atoms with Crippen LogP contribution in [0.2, 0.25) is 0 Å². The van der Waals surface area contributed by atoms with Crippen LogP contribution in [0.15, 0.2) is 29.2 Å². The third kappa shape index (κ3) is 2.75. The number of anilines is 1. The Morgan fingerprint density at radius 1 is 1.32 bits per heavy atom. The number of sulfonamides is 1. The Labute approximate surface area is 113 Å². The van der Waals surface area contributed by atoms with Gasteiger partial charge in [-0.25, -0.2) is 16.8 Å². The van der Waals surface area contributed by atoms with Crippen molar-refractivity contribution in [2.24, 2.45) is 0 Å². The normalized spacial score (nSPS) is 22.7. The molecule has 2 rings (SSSR count). The summed E-state index contributed by atoms with van der Waals surface area (Å²) >= 11 is 0.